The topological polar surface area (TPSA) is 41.6 Å². The van der Waals surface area contributed by atoms with Crippen LogP contribution >= 0.6 is 0 Å². The highest BCUT2D eigenvalue weighted by Gasteiger charge is 2.27. The average molecular weight is 240 g/mol. The van der Waals surface area contributed by atoms with Gasteiger partial charge in [-0.05, 0) is 20.3 Å². The van der Waals surface area contributed by atoms with E-state index in [1.807, 2.05) is 4.90 Å². The van der Waals surface area contributed by atoms with Gasteiger partial charge in [-0.25, -0.2) is 0 Å². The van der Waals surface area contributed by atoms with Crippen molar-refractivity contribution in [1.29, 1.82) is 0 Å². The van der Waals surface area contributed by atoms with E-state index in [2.05, 4.69) is 25.7 Å². The van der Waals surface area contributed by atoms with Crippen LogP contribution in [-0.4, -0.2) is 49.2 Å². The van der Waals surface area contributed by atoms with Crippen LogP contribution in [0.15, 0.2) is 12.7 Å². The Labute approximate surface area is 104 Å². The van der Waals surface area contributed by atoms with Crippen LogP contribution in [0.25, 0.3) is 0 Å². The first-order valence-corrected chi connectivity index (χ1v) is 6.38. The molecule has 1 aliphatic heterocycles. The first kappa shape index (κ1) is 14.2. The van der Waals surface area contributed by atoms with Gasteiger partial charge in [-0.15, -0.1) is 6.58 Å². The van der Waals surface area contributed by atoms with Crippen molar-refractivity contribution in [2.75, 3.05) is 26.3 Å². The third-order valence-corrected chi connectivity index (χ3v) is 3.27. The maximum atomic E-state index is 12.0. The van der Waals surface area contributed by atoms with Gasteiger partial charge in [0.2, 0.25) is 5.91 Å². The average Bonchev–Trinajstić information content (AvgIpc) is 2.32. The molecule has 1 N–H and O–H groups in total. The Hall–Kier alpha value is -0.870. The van der Waals surface area contributed by atoms with E-state index >= 15 is 0 Å². The molecule has 0 aromatic heterocycles. The largest absolute Gasteiger partial charge is 0.377 e. The van der Waals surface area contributed by atoms with Crippen LogP contribution in [-0.2, 0) is 9.53 Å². The lowest BCUT2D eigenvalue weighted by Gasteiger charge is -2.38. The van der Waals surface area contributed by atoms with Crippen molar-refractivity contribution in [3.05, 3.63) is 12.7 Å². The van der Waals surface area contributed by atoms with E-state index in [1.54, 1.807) is 6.08 Å². The zero-order valence-corrected chi connectivity index (χ0v) is 10.9. The Kier molecular flexibility index (Phi) is 6.22. The van der Waals surface area contributed by atoms with Crippen molar-refractivity contribution in [2.45, 2.75) is 38.8 Å². The van der Waals surface area contributed by atoms with E-state index in [9.17, 15) is 4.79 Å². The van der Waals surface area contributed by atoms with E-state index in [1.165, 1.54) is 0 Å². The number of nitrogens with zero attached hydrogens (tertiary/aromatic N) is 1. The van der Waals surface area contributed by atoms with Crippen LogP contribution in [0, 0.1) is 0 Å². The van der Waals surface area contributed by atoms with Gasteiger partial charge >= 0.3 is 0 Å². The summed E-state index contributed by atoms with van der Waals surface area (Å²) in [5.74, 6) is 0.244. The van der Waals surface area contributed by atoms with Crippen molar-refractivity contribution in [3.8, 4) is 0 Å². The molecule has 4 heteroatoms. The van der Waals surface area contributed by atoms with Gasteiger partial charge in [0, 0.05) is 38.2 Å². The second-order valence-electron chi connectivity index (χ2n) is 4.54. The summed E-state index contributed by atoms with van der Waals surface area (Å²) in [5.41, 5.74) is 0. The molecule has 0 bridgehead atoms. The molecule has 0 spiro atoms. The fourth-order valence-corrected chi connectivity index (χ4v) is 2.04. The molecule has 0 aliphatic carbocycles. The lowest BCUT2D eigenvalue weighted by Crippen LogP contribution is -2.57. The maximum Gasteiger partial charge on any atom is 0.222 e. The molecule has 2 unspecified atom stereocenters. The van der Waals surface area contributed by atoms with E-state index in [0.29, 0.717) is 25.7 Å². The van der Waals surface area contributed by atoms with Crippen molar-refractivity contribution < 1.29 is 9.53 Å². The normalized spacial score (nSPS) is 24.7. The second-order valence-corrected chi connectivity index (χ2v) is 4.54. The molecule has 1 heterocycles. The van der Waals surface area contributed by atoms with Gasteiger partial charge in [-0.3, -0.25) is 4.79 Å². The number of carbonyl (C=O) groups is 1. The molecule has 1 amide bonds. The summed E-state index contributed by atoms with van der Waals surface area (Å²) >= 11 is 0. The van der Waals surface area contributed by atoms with Crippen molar-refractivity contribution >= 4 is 5.91 Å². The van der Waals surface area contributed by atoms with Crippen LogP contribution in [0.2, 0.25) is 0 Å². The van der Waals surface area contributed by atoms with E-state index in [-0.39, 0.29) is 11.9 Å². The fraction of sp³-hybridized carbons (Fsp3) is 0.769. The molecular formula is C13H24N2O2. The van der Waals surface area contributed by atoms with Gasteiger partial charge in [0.05, 0.1) is 6.61 Å². The van der Waals surface area contributed by atoms with Gasteiger partial charge in [-0.1, -0.05) is 6.08 Å². The summed E-state index contributed by atoms with van der Waals surface area (Å²) in [4.78, 5) is 14.0. The summed E-state index contributed by atoms with van der Waals surface area (Å²) in [6.07, 6.45) is 3.09. The third kappa shape index (κ3) is 4.48. The molecule has 0 radical (unpaired) electrons. The monoisotopic (exact) mass is 240 g/mol. The van der Waals surface area contributed by atoms with Crippen LogP contribution in [0.1, 0.15) is 26.7 Å². The summed E-state index contributed by atoms with van der Waals surface area (Å²) in [6.45, 7) is 10.7. The SMILES string of the molecule is C=CCOCCCC(=O)N1CCNC(C)C1C. The number of rotatable bonds is 6. The standard InChI is InChI=1S/C13H24N2O2/c1-4-9-17-10-5-6-13(16)15-8-7-14-11(2)12(15)3/h4,11-12,14H,1,5-10H2,2-3H3. The maximum absolute atomic E-state index is 12.0. The molecule has 98 valence electrons. The highest BCUT2D eigenvalue weighted by molar-refractivity contribution is 5.76. The number of amides is 1. The zero-order chi connectivity index (χ0) is 12.7. The molecule has 17 heavy (non-hydrogen) atoms. The first-order valence-electron chi connectivity index (χ1n) is 6.38. The number of nitrogens with one attached hydrogen (secondary N) is 1. The van der Waals surface area contributed by atoms with E-state index in [0.717, 1.165) is 19.5 Å². The molecule has 1 aliphatic rings. The number of piperazine rings is 1. The summed E-state index contributed by atoms with van der Waals surface area (Å²) in [7, 11) is 0. The minimum atomic E-state index is 0.244. The Morgan fingerprint density at radius 3 is 3.06 bits per heavy atom. The van der Waals surface area contributed by atoms with Crippen LogP contribution in [0.4, 0.5) is 0 Å². The molecule has 1 saturated heterocycles. The molecule has 4 nitrogen and oxygen atoms in total. The lowest BCUT2D eigenvalue weighted by molar-refractivity contribution is -0.135. The Bertz CT molecular complexity index is 256. The number of ether oxygens (including phenoxy) is 1. The number of carbonyl (C=O) groups excluding carboxylic acids is 1. The van der Waals surface area contributed by atoms with Crippen molar-refractivity contribution in [3.63, 3.8) is 0 Å². The van der Waals surface area contributed by atoms with Gasteiger partial charge in [-0.2, -0.15) is 0 Å². The predicted octanol–water partition coefficient (Wildman–Crippen LogP) is 1.18. The predicted molar refractivity (Wildman–Crippen MR) is 68.9 cm³/mol. The third-order valence-electron chi connectivity index (χ3n) is 3.27. The molecule has 0 saturated carbocycles. The molecule has 1 fully saturated rings. The van der Waals surface area contributed by atoms with E-state index in [4.69, 9.17) is 4.74 Å². The van der Waals surface area contributed by atoms with Crippen LogP contribution < -0.4 is 5.32 Å². The van der Waals surface area contributed by atoms with Crippen molar-refractivity contribution in [1.82, 2.24) is 10.2 Å². The molecule has 2 atom stereocenters. The molecule has 1 rings (SSSR count). The van der Waals surface area contributed by atoms with Gasteiger partial charge < -0.3 is 15.0 Å². The van der Waals surface area contributed by atoms with Crippen LogP contribution in [0.3, 0.4) is 0 Å². The lowest BCUT2D eigenvalue weighted by atomic mass is 10.1. The first-order chi connectivity index (χ1) is 8.16. The minimum absolute atomic E-state index is 0.244. The van der Waals surface area contributed by atoms with Crippen molar-refractivity contribution in [2.24, 2.45) is 0 Å². The zero-order valence-electron chi connectivity index (χ0n) is 10.9. The smallest absolute Gasteiger partial charge is 0.222 e. The second kappa shape index (κ2) is 7.45. The number of hydrogen-bond acceptors (Lipinski definition) is 3. The number of hydrogen-bond donors (Lipinski definition) is 1. The van der Waals surface area contributed by atoms with Gasteiger partial charge in [0.1, 0.15) is 0 Å². The Morgan fingerprint density at radius 1 is 1.59 bits per heavy atom. The Balaban J connectivity index is 2.24. The summed E-state index contributed by atoms with van der Waals surface area (Å²) < 4.78 is 5.27. The molecular weight excluding hydrogens is 216 g/mol. The minimum Gasteiger partial charge on any atom is -0.377 e. The quantitative estimate of drug-likeness (QED) is 0.560. The van der Waals surface area contributed by atoms with Crippen LogP contribution in [0.5, 0.6) is 0 Å². The highest BCUT2D eigenvalue weighted by Crippen LogP contribution is 2.11. The Morgan fingerprint density at radius 2 is 2.35 bits per heavy atom. The summed E-state index contributed by atoms with van der Waals surface area (Å²) in [5, 5.41) is 3.37. The fourth-order valence-electron chi connectivity index (χ4n) is 2.04. The molecule has 0 aromatic rings. The van der Waals surface area contributed by atoms with Gasteiger partial charge in [0.15, 0.2) is 0 Å². The van der Waals surface area contributed by atoms with Gasteiger partial charge in [0.25, 0.3) is 0 Å². The van der Waals surface area contributed by atoms with E-state index < -0.39 is 0 Å². The summed E-state index contributed by atoms with van der Waals surface area (Å²) in [6, 6.07) is 0.662. The highest BCUT2D eigenvalue weighted by atomic mass is 16.5. The molecule has 0 aromatic carbocycles.